The number of nitrogens with one attached hydrogen (secondary N) is 1. The number of carboxylic acid groups (broad SMARTS) is 1. The molecule has 1 aliphatic carbocycles. The number of hydrogen-bond donors (Lipinski definition) is 2. The van der Waals surface area contributed by atoms with Crippen LogP contribution in [0.15, 0.2) is 0 Å². The number of amides is 1. The zero-order chi connectivity index (χ0) is 15.6. The van der Waals surface area contributed by atoms with E-state index in [1.807, 2.05) is 6.92 Å². The molecule has 0 unspecified atom stereocenters. The molecule has 0 radical (unpaired) electrons. The smallest absolute Gasteiger partial charge is 0.407 e. The Morgan fingerprint density at radius 1 is 1.40 bits per heavy atom. The number of carbonyl (C=O) groups is 2. The van der Waals surface area contributed by atoms with Crippen molar-refractivity contribution in [3.8, 4) is 0 Å². The quantitative estimate of drug-likeness (QED) is 0.827. The Bertz CT molecular complexity index is 376. The second kappa shape index (κ2) is 5.99. The third-order valence-corrected chi connectivity index (χ3v) is 3.46. The van der Waals surface area contributed by atoms with Crippen LogP contribution >= 0.6 is 0 Å². The lowest BCUT2D eigenvalue weighted by atomic mass is 9.86. The van der Waals surface area contributed by atoms with E-state index in [-0.39, 0.29) is 6.04 Å². The molecule has 0 aromatic rings. The molecule has 1 aliphatic rings. The number of alkyl carbamates (subject to hydrolysis) is 1. The molecule has 6 nitrogen and oxygen atoms in total. The third kappa shape index (κ3) is 4.10. The van der Waals surface area contributed by atoms with E-state index in [1.165, 1.54) is 0 Å². The van der Waals surface area contributed by atoms with Gasteiger partial charge in [0.15, 0.2) is 0 Å². The molecule has 0 heterocycles. The Balaban J connectivity index is 2.67. The fraction of sp³-hybridized carbons (Fsp3) is 0.857. The first kappa shape index (κ1) is 16.8. The minimum Gasteiger partial charge on any atom is -0.481 e. The largest absolute Gasteiger partial charge is 0.481 e. The Hall–Kier alpha value is -1.30. The Morgan fingerprint density at radius 3 is 2.45 bits per heavy atom. The van der Waals surface area contributed by atoms with Gasteiger partial charge in [-0.05, 0) is 47.5 Å². The number of carboxylic acids is 1. The Labute approximate surface area is 119 Å². The van der Waals surface area contributed by atoms with Crippen LogP contribution in [-0.2, 0) is 14.3 Å². The number of ether oxygens (including phenoxy) is 2. The van der Waals surface area contributed by atoms with Crippen LogP contribution in [0.2, 0.25) is 0 Å². The van der Waals surface area contributed by atoms with Crippen LogP contribution in [-0.4, -0.2) is 41.5 Å². The van der Waals surface area contributed by atoms with Gasteiger partial charge in [0.1, 0.15) is 5.60 Å². The second-order valence-corrected chi connectivity index (χ2v) is 6.45. The van der Waals surface area contributed by atoms with Crippen molar-refractivity contribution in [3.05, 3.63) is 0 Å². The van der Waals surface area contributed by atoms with Gasteiger partial charge in [0.2, 0.25) is 0 Å². The first-order valence-electron chi connectivity index (χ1n) is 6.93. The van der Waals surface area contributed by atoms with Crippen LogP contribution in [0.3, 0.4) is 0 Å². The summed E-state index contributed by atoms with van der Waals surface area (Å²) in [6, 6.07) is -0.248. The van der Waals surface area contributed by atoms with Gasteiger partial charge in [0.05, 0.1) is 11.5 Å². The third-order valence-electron chi connectivity index (χ3n) is 3.46. The standard InChI is InChI=1S/C14H25NO5/c1-6-19-10-7-9(8-14(10,5)11(16)17)15-12(18)20-13(2,3)4/h9-10H,6-8H2,1-5H3,(H,15,18)(H,16,17)/t9-,10-,14-/m1/s1. The van der Waals surface area contributed by atoms with Crippen molar-refractivity contribution < 1.29 is 24.2 Å². The highest BCUT2D eigenvalue weighted by atomic mass is 16.6. The molecular formula is C14H25NO5. The minimum atomic E-state index is -0.976. The molecule has 1 amide bonds. The highest BCUT2D eigenvalue weighted by Crippen LogP contribution is 2.40. The van der Waals surface area contributed by atoms with Gasteiger partial charge in [-0.1, -0.05) is 0 Å². The number of aliphatic carboxylic acids is 1. The van der Waals surface area contributed by atoms with E-state index < -0.39 is 29.2 Å². The molecule has 1 fully saturated rings. The SMILES string of the molecule is CCO[C@@H]1C[C@@H](NC(=O)OC(C)(C)C)C[C@@]1(C)C(=O)O. The first-order valence-corrected chi connectivity index (χ1v) is 6.93. The molecule has 0 aromatic heterocycles. The van der Waals surface area contributed by atoms with Crippen molar-refractivity contribution in [2.75, 3.05) is 6.61 Å². The number of hydrogen-bond acceptors (Lipinski definition) is 4. The van der Waals surface area contributed by atoms with E-state index in [0.717, 1.165) is 0 Å². The molecule has 116 valence electrons. The molecule has 0 aromatic carbocycles. The zero-order valence-electron chi connectivity index (χ0n) is 12.9. The minimum absolute atomic E-state index is 0.248. The summed E-state index contributed by atoms with van der Waals surface area (Å²) in [7, 11) is 0. The van der Waals surface area contributed by atoms with Crippen LogP contribution in [0.5, 0.6) is 0 Å². The molecule has 6 heteroatoms. The van der Waals surface area contributed by atoms with Gasteiger partial charge < -0.3 is 19.9 Å². The van der Waals surface area contributed by atoms with Crippen LogP contribution in [0.25, 0.3) is 0 Å². The predicted molar refractivity (Wildman–Crippen MR) is 73.5 cm³/mol. The number of rotatable bonds is 4. The van der Waals surface area contributed by atoms with Crippen molar-refractivity contribution in [1.82, 2.24) is 5.32 Å². The molecule has 0 saturated heterocycles. The molecule has 1 saturated carbocycles. The van der Waals surface area contributed by atoms with E-state index in [0.29, 0.717) is 19.4 Å². The van der Waals surface area contributed by atoms with Gasteiger partial charge in [-0.3, -0.25) is 4.79 Å². The van der Waals surface area contributed by atoms with Crippen molar-refractivity contribution in [2.45, 2.75) is 65.2 Å². The maximum atomic E-state index is 11.7. The molecule has 0 aliphatic heterocycles. The van der Waals surface area contributed by atoms with E-state index >= 15 is 0 Å². The highest BCUT2D eigenvalue weighted by molar-refractivity contribution is 5.76. The second-order valence-electron chi connectivity index (χ2n) is 6.45. The van der Waals surface area contributed by atoms with Gasteiger partial charge in [0.25, 0.3) is 0 Å². The summed E-state index contributed by atoms with van der Waals surface area (Å²) < 4.78 is 10.7. The summed E-state index contributed by atoms with van der Waals surface area (Å²) in [5, 5.41) is 12.1. The van der Waals surface area contributed by atoms with E-state index in [9.17, 15) is 14.7 Å². The Kier molecular flexibility index (Phi) is 5.02. The Morgan fingerprint density at radius 2 is 2.00 bits per heavy atom. The summed E-state index contributed by atoms with van der Waals surface area (Å²) >= 11 is 0. The van der Waals surface area contributed by atoms with Crippen molar-refractivity contribution in [3.63, 3.8) is 0 Å². The topological polar surface area (TPSA) is 84.9 Å². The van der Waals surface area contributed by atoms with Gasteiger partial charge in [-0.25, -0.2) is 4.79 Å². The molecule has 0 spiro atoms. The van der Waals surface area contributed by atoms with Crippen LogP contribution in [0.4, 0.5) is 4.79 Å². The number of carbonyl (C=O) groups excluding carboxylic acids is 1. The van der Waals surface area contributed by atoms with Gasteiger partial charge in [-0.2, -0.15) is 0 Å². The maximum Gasteiger partial charge on any atom is 0.407 e. The lowest BCUT2D eigenvalue weighted by Gasteiger charge is -2.26. The summed E-state index contributed by atoms with van der Waals surface area (Å²) in [6.45, 7) is 9.29. The van der Waals surface area contributed by atoms with Crippen molar-refractivity contribution in [1.29, 1.82) is 0 Å². The maximum absolute atomic E-state index is 11.7. The lowest BCUT2D eigenvalue weighted by Crippen LogP contribution is -2.39. The van der Waals surface area contributed by atoms with Crippen LogP contribution < -0.4 is 5.32 Å². The van der Waals surface area contributed by atoms with Gasteiger partial charge in [-0.15, -0.1) is 0 Å². The molecule has 20 heavy (non-hydrogen) atoms. The summed E-state index contributed by atoms with van der Waals surface area (Å²) in [5.74, 6) is -0.899. The monoisotopic (exact) mass is 287 g/mol. The van der Waals surface area contributed by atoms with Crippen molar-refractivity contribution >= 4 is 12.1 Å². The summed E-state index contributed by atoms with van der Waals surface area (Å²) in [6.07, 6.45) is -0.0976. The van der Waals surface area contributed by atoms with Gasteiger partial charge in [0, 0.05) is 12.6 Å². The fourth-order valence-electron chi connectivity index (χ4n) is 2.51. The first-order chi connectivity index (χ1) is 9.08. The van der Waals surface area contributed by atoms with E-state index in [4.69, 9.17) is 9.47 Å². The fourth-order valence-corrected chi connectivity index (χ4v) is 2.51. The molecule has 2 N–H and O–H groups in total. The van der Waals surface area contributed by atoms with Gasteiger partial charge >= 0.3 is 12.1 Å². The molecular weight excluding hydrogens is 262 g/mol. The average molecular weight is 287 g/mol. The van der Waals surface area contributed by atoms with Crippen LogP contribution in [0.1, 0.15) is 47.5 Å². The van der Waals surface area contributed by atoms with E-state index in [2.05, 4.69) is 5.32 Å². The zero-order valence-corrected chi connectivity index (χ0v) is 12.9. The molecule has 1 rings (SSSR count). The summed E-state index contributed by atoms with van der Waals surface area (Å²) in [5.41, 5.74) is -1.55. The molecule has 3 atom stereocenters. The predicted octanol–water partition coefficient (Wildman–Crippen LogP) is 2.17. The van der Waals surface area contributed by atoms with Crippen LogP contribution in [0, 0.1) is 5.41 Å². The average Bonchev–Trinajstić information content (AvgIpc) is 2.54. The summed E-state index contributed by atoms with van der Waals surface area (Å²) in [4.78, 5) is 23.2. The lowest BCUT2D eigenvalue weighted by molar-refractivity contribution is -0.155. The highest BCUT2D eigenvalue weighted by Gasteiger charge is 2.50. The normalized spacial score (nSPS) is 30.1. The van der Waals surface area contributed by atoms with E-state index in [1.54, 1.807) is 27.7 Å². The van der Waals surface area contributed by atoms with Crippen molar-refractivity contribution in [2.24, 2.45) is 5.41 Å². The molecule has 0 bridgehead atoms.